The summed E-state index contributed by atoms with van der Waals surface area (Å²) in [6.45, 7) is 3.63. The van der Waals surface area contributed by atoms with Gasteiger partial charge in [0.05, 0.1) is 19.4 Å². The zero-order valence-corrected chi connectivity index (χ0v) is 13.4. The fourth-order valence-electron chi connectivity index (χ4n) is 2.82. The molecular weight excluding hydrogens is 294 g/mol. The lowest BCUT2D eigenvalue weighted by atomic mass is 10.1. The number of methoxy groups -OCH3 is 1. The molecule has 1 fully saturated rings. The minimum atomic E-state index is -0.105. The molecule has 1 aliphatic rings. The van der Waals surface area contributed by atoms with Crippen molar-refractivity contribution in [2.24, 2.45) is 0 Å². The molecule has 1 atom stereocenters. The summed E-state index contributed by atoms with van der Waals surface area (Å²) in [5.41, 5.74) is 1.75. The predicted molar refractivity (Wildman–Crippen MR) is 86.8 cm³/mol. The van der Waals surface area contributed by atoms with Gasteiger partial charge in [-0.05, 0) is 31.0 Å². The van der Waals surface area contributed by atoms with Crippen LogP contribution in [0.4, 0.5) is 5.69 Å². The van der Waals surface area contributed by atoms with Crippen LogP contribution in [0.15, 0.2) is 30.6 Å². The van der Waals surface area contributed by atoms with Crippen molar-refractivity contribution >= 4 is 11.6 Å². The number of anilines is 1. The Balaban J connectivity index is 1.71. The molecule has 0 bridgehead atoms. The first-order valence-corrected chi connectivity index (χ1v) is 7.70. The molecule has 0 unspecified atom stereocenters. The van der Waals surface area contributed by atoms with Gasteiger partial charge in [-0.15, -0.1) is 0 Å². The third-order valence-corrected chi connectivity index (χ3v) is 3.99. The topological polar surface area (TPSA) is 65.4 Å². The van der Waals surface area contributed by atoms with Crippen molar-refractivity contribution in [1.82, 2.24) is 9.55 Å². The van der Waals surface area contributed by atoms with Crippen LogP contribution in [0.25, 0.3) is 0 Å². The zero-order chi connectivity index (χ0) is 16.2. The number of rotatable bonds is 5. The highest BCUT2D eigenvalue weighted by Gasteiger charge is 2.23. The highest BCUT2D eigenvalue weighted by Crippen LogP contribution is 2.26. The summed E-state index contributed by atoms with van der Waals surface area (Å²) in [7, 11) is 1.59. The number of nitrogens with one attached hydrogen (secondary N) is 1. The normalized spacial score (nSPS) is 17.2. The van der Waals surface area contributed by atoms with Gasteiger partial charge in [0.1, 0.15) is 18.1 Å². The summed E-state index contributed by atoms with van der Waals surface area (Å²) in [5.74, 6) is 1.73. The van der Waals surface area contributed by atoms with Crippen molar-refractivity contribution in [3.05, 3.63) is 42.0 Å². The second-order valence-electron chi connectivity index (χ2n) is 5.73. The van der Waals surface area contributed by atoms with Gasteiger partial charge >= 0.3 is 0 Å². The molecule has 122 valence electrons. The van der Waals surface area contributed by atoms with E-state index >= 15 is 0 Å². The zero-order valence-electron chi connectivity index (χ0n) is 13.4. The van der Waals surface area contributed by atoms with Crippen molar-refractivity contribution in [3.63, 3.8) is 0 Å². The fourth-order valence-corrected chi connectivity index (χ4v) is 2.82. The fraction of sp³-hybridized carbons (Fsp3) is 0.412. The number of carbonyl (C=O) groups is 1. The van der Waals surface area contributed by atoms with E-state index in [-0.39, 0.29) is 18.4 Å². The molecule has 1 aliphatic heterocycles. The van der Waals surface area contributed by atoms with Gasteiger partial charge in [-0.3, -0.25) is 4.79 Å². The van der Waals surface area contributed by atoms with Crippen LogP contribution in [0.1, 0.15) is 23.7 Å². The average molecular weight is 315 g/mol. The number of carbonyl (C=O) groups excluding carboxylic acids is 1. The van der Waals surface area contributed by atoms with Crippen molar-refractivity contribution in [2.75, 3.05) is 25.6 Å². The second-order valence-corrected chi connectivity index (χ2v) is 5.73. The molecule has 6 heteroatoms. The molecule has 1 saturated heterocycles. The van der Waals surface area contributed by atoms with E-state index in [0.717, 1.165) is 24.4 Å². The maximum Gasteiger partial charge on any atom is 0.244 e. The SMILES string of the molecule is COc1ccc(C)cc1NC(=O)Cn1ccnc1[C@@H]1CCOC1. The van der Waals surface area contributed by atoms with Crippen molar-refractivity contribution < 1.29 is 14.3 Å². The average Bonchev–Trinajstić information content (AvgIpc) is 3.18. The molecule has 1 N–H and O–H groups in total. The summed E-state index contributed by atoms with van der Waals surface area (Å²) in [4.78, 5) is 16.8. The first-order chi connectivity index (χ1) is 11.2. The number of imidazole rings is 1. The smallest absolute Gasteiger partial charge is 0.244 e. The first-order valence-electron chi connectivity index (χ1n) is 7.70. The highest BCUT2D eigenvalue weighted by atomic mass is 16.5. The molecule has 2 aromatic rings. The monoisotopic (exact) mass is 315 g/mol. The standard InChI is InChI=1S/C17H21N3O3/c1-12-3-4-15(22-2)14(9-12)19-16(21)10-20-7-6-18-17(20)13-5-8-23-11-13/h3-4,6-7,9,13H,5,8,10-11H2,1-2H3,(H,19,21)/t13-/m1/s1. The Bertz CT molecular complexity index is 690. The third kappa shape index (κ3) is 3.53. The lowest BCUT2D eigenvalue weighted by Crippen LogP contribution is -2.21. The van der Waals surface area contributed by atoms with Crippen molar-refractivity contribution in [1.29, 1.82) is 0 Å². The Morgan fingerprint density at radius 3 is 3.13 bits per heavy atom. The maximum atomic E-state index is 12.4. The van der Waals surface area contributed by atoms with Gasteiger partial charge in [-0.25, -0.2) is 4.98 Å². The Kier molecular flexibility index (Phi) is 4.62. The van der Waals surface area contributed by atoms with E-state index in [1.807, 2.05) is 35.9 Å². The molecule has 3 rings (SSSR count). The van der Waals surface area contributed by atoms with Crippen LogP contribution in [0.3, 0.4) is 0 Å². The van der Waals surface area contributed by atoms with Gasteiger partial charge in [0.25, 0.3) is 0 Å². The van der Waals surface area contributed by atoms with E-state index < -0.39 is 0 Å². The molecule has 0 spiro atoms. The Morgan fingerprint density at radius 2 is 2.39 bits per heavy atom. The number of hydrogen-bond donors (Lipinski definition) is 1. The minimum Gasteiger partial charge on any atom is -0.495 e. The second kappa shape index (κ2) is 6.83. The number of benzene rings is 1. The Hall–Kier alpha value is -2.34. The van der Waals surface area contributed by atoms with Gasteiger partial charge in [0.2, 0.25) is 5.91 Å². The number of ether oxygens (including phenoxy) is 2. The molecular formula is C17H21N3O3. The van der Waals surface area contributed by atoms with Gasteiger partial charge in [-0.2, -0.15) is 0 Å². The van der Waals surface area contributed by atoms with E-state index in [4.69, 9.17) is 9.47 Å². The first kappa shape index (κ1) is 15.6. The summed E-state index contributed by atoms with van der Waals surface area (Å²) in [5, 5.41) is 2.91. The Labute approximate surface area is 135 Å². The maximum absolute atomic E-state index is 12.4. The molecule has 0 saturated carbocycles. The van der Waals surface area contributed by atoms with E-state index in [9.17, 15) is 4.79 Å². The Morgan fingerprint density at radius 1 is 1.52 bits per heavy atom. The van der Waals surface area contributed by atoms with Crippen molar-refractivity contribution in [3.8, 4) is 5.75 Å². The van der Waals surface area contributed by atoms with Crippen LogP contribution >= 0.6 is 0 Å². The number of aryl methyl sites for hydroxylation is 1. The molecule has 1 aromatic heterocycles. The van der Waals surface area contributed by atoms with Crippen LogP contribution in [-0.4, -0.2) is 35.8 Å². The quantitative estimate of drug-likeness (QED) is 0.920. The van der Waals surface area contributed by atoms with E-state index in [0.29, 0.717) is 18.0 Å². The number of amides is 1. The van der Waals surface area contributed by atoms with Gasteiger partial charge in [0.15, 0.2) is 0 Å². The van der Waals surface area contributed by atoms with Crippen LogP contribution in [0.2, 0.25) is 0 Å². The molecule has 6 nitrogen and oxygen atoms in total. The molecule has 1 amide bonds. The summed E-state index contributed by atoms with van der Waals surface area (Å²) < 4.78 is 12.6. The summed E-state index contributed by atoms with van der Waals surface area (Å²) in [6, 6.07) is 5.70. The number of nitrogens with zero attached hydrogens (tertiary/aromatic N) is 2. The largest absolute Gasteiger partial charge is 0.495 e. The highest BCUT2D eigenvalue weighted by molar-refractivity contribution is 5.92. The van der Waals surface area contributed by atoms with Gasteiger partial charge in [-0.1, -0.05) is 6.07 Å². The number of aromatic nitrogens is 2. The van der Waals surface area contributed by atoms with Crippen LogP contribution in [0.5, 0.6) is 5.75 Å². The molecule has 0 radical (unpaired) electrons. The third-order valence-electron chi connectivity index (χ3n) is 3.99. The van der Waals surface area contributed by atoms with Crippen LogP contribution in [0, 0.1) is 6.92 Å². The molecule has 23 heavy (non-hydrogen) atoms. The molecule has 0 aliphatic carbocycles. The lowest BCUT2D eigenvalue weighted by molar-refractivity contribution is -0.116. The van der Waals surface area contributed by atoms with E-state index in [1.165, 1.54) is 0 Å². The predicted octanol–water partition coefficient (Wildman–Crippen LogP) is 2.34. The summed E-state index contributed by atoms with van der Waals surface area (Å²) >= 11 is 0. The minimum absolute atomic E-state index is 0.105. The van der Waals surface area contributed by atoms with Crippen molar-refractivity contribution in [2.45, 2.75) is 25.8 Å². The van der Waals surface area contributed by atoms with Crippen LogP contribution in [-0.2, 0) is 16.1 Å². The molecule has 2 heterocycles. The van der Waals surface area contributed by atoms with E-state index in [2.05, 4.69) is 10.3 Å². The lowest BCUT2D eigenvalue weighted by Gasteiger charge is -2.14. The molecule has 1 aromatic carbocycles. The van der Waals surface area contributed by atoms with Gasteiger partial charge < -0.3 is 19.4 Å². The summed E-state index contributed by atoms with van der Waals surface area (Å²) in [6.07, 6.45) is 4.51. The van der Waals surface area contributed by atoms with E-state index in [1.54, 1.807) is 13.3 Å². The van der Waals surface area contributed by atoms with Gasteiger partial charge in [0, 0.05) is 24.9 Å². The number of hydrogen-bond acceptors (Lipinski definition) is 4. The van der Waals surface area contributed by atoms with Crippen LogP contribution < -0.4 is 10.1 Å².